The minimum atomic E-state index is 0.658. The molecule has 2 aliphatic rings. The van der Waals surface area contributed by atoms with Gasteiger partial charge in [0.2, 0.25) is 0 Å². The van der Waals surface area contributed by atoms with Gasteiger partial charge in [-0.05, 0) is 18.9 Å². The largest absolute Gasteiger partial charge is 0.259 e. The molecule has 2 fully saturated rings. The standard InChI is InChI=1S/C25H38BN2S/c1-2-8-12-16-21(17-13-9-3-1)26-25-28-23-19-27-22(18-24(23)29-25)20-14-10-6-4-5-7-11-15-20/h18-21H,1-17H2. The molecule has 1 radical (unpaired) electrons. The Morgan fingerprint density at radius 1 is 0.724 bits per heavy atom. The third-order valence-electron chi connectivity index (χ3n) is 7.11. The van der Waals surface area contributed by atoms with E-state index >= 15 is 0 Å². The van der Waals surface area contributed by atoms with Crippen molar-refractivity contribution in [2.24, 2.45) is 0 Å². The fourth-order valence-electron chi connectivity index (χ4n) is 5.30. The highest BCUT2D eigenvalue weighted by atomic mass is 32.1. The molecule has 0 aliphatic heterocycles. The van der Waals surface area contributed by atoms with Crippen molar-refractivity contribution in [2.45, 2.75) is 121 Å². The number of aromatic nitrogens is 2. The Balaban J connectivity index is 1.42. The Kier molecular flexibility index (Phi) is 8.45. The summed E-state index contributed by atoms with van der Waals surface area (Å²) >= 11 is 1.90. The summed E-state index contributed by atoms with van der Waals surface area (Å²) in [6.07, 6.45) is 25.7. The quantitative estimate of drug-likeness (QED) is 0.489. The lowest BCUT2D eigenvalue weighted by atomic mass is 9.61. The van der Waals surface area contributed by atoms with Gasteiger partial charge in [0.05, 0.1) is 16.4 Å². The molecule has 0 saturated heterocycles. The number of hydrogen-bond acceptors (Lipinski definition) is 3. The minimum absolute atomic E-state index is 0.658. The first-order valence-electron chi connectivity index (χ1n) is 12.5. The van der Waals surface area contributed by atoms with Crippen LogP contribution in [0.3, 0.4) is 0 Å². The van der Waals surface area contributed by atoms with Crippen molar-refractivity contribution in [3.8, 4) is 0 Å². The molecule has 0 atom stereocenters. The monoisotopic (exact) mass is 409 g/mol. The first-order chi connectivity index (χ1) is 14.4. The molecule has 0 bridgehead atoms. The van der Waals surface area contributed by atoms with Gasteiger partial charge in [0.25, 0.3) is 0 Å². The van der Waals surface area contributed by atoms with Crippen molar-refractivity contribution in [3.63, 3.8) is 0 Å². The molecule has 2 aromatic heterocycles. The smallest absolute Gasteiger partial charge is 0.195 e. The van der Waals surface area contributed by atoms with Crippen LogP contribution in [0.5, 0.6) is 0 Å². The number of pyridine rings is 1. The maximum atomic E-state index is 4.94. The van der Waals surface area contributed by atoms with Crippen molar-refractivity contribution >= 4 is 33.7 Å². The van der Waals surface area contributed by atoms with E-state index in [1.165, 1.54) is 124 Å². The van der Waals surface area contributed by atoms with Crippen molar-refractivity contribution in [3.05, 3.63) is 18.0 Å². The van der Waals surface area contributed by atoms with E-state index in [2.05, 4.69) is 19.5 Å². The molecule has 2 saturated carbocycles. The van der Waals surface area contributed by atoms with Crippen LogP contribution in [-0.2, 0) is 0 Å². The Morgan fingerprint density at radius 2 is 1.28 bits per heavy atom. The van der Waals surface area contributed by atoms with Crippen molar-refractivity contribution in [1.29, 1.82) is 0 Å². The van der Waals surface area contributed by atoms with Gasteiger partial charge in [-0.1, -0.05) is 102 Å². The predicted octanol–water partition coefficient (Wildman–Crippen LogP) is 7.55. The fraction of sp³-hybridized carbons (Fsp3) is 0.760. The average molecular weight is 409 g/mol. The van der Waals surface area contributed by atoms with Gasteiger partial charge >= 0.3 is 0 Å². The van der Waals surface area contributed by atoms with Crippen molar-refractivity contribution in [1.82, 2.24) is 9.97 Å². The molecule has 157 valence electrons. The Labute approximate surface area is 182 Å². The molecule has 0 N–H and O–H groups in total. The molecule has 2 nitrogen and oxygen atoms in total. The first-order valence-corrected chi connectivity index (χ1v) is 13.3. The summed E-state index contributed by atoms with van der Waals surface area (Å²) in [5.41, 5.74) is 2.43. The van der Waals surface area contributed by atoms with E-state index in [1.807, 2.05) is 11.3 Å². The Bertz CT molecular complexity index is 723. The van der Waals surface area contributed by atoms with Gasteiger partial charge in [-0.2, -0.15) is 0 Å². The van der Waals surface area contributed by atoms with Gasteiger partial charge in [-0.15, -0.1) is 11.3 Å². The zero-order chi connectivity index (χ0) is 19.7. The van der Waals surface area contributed by atoms with Crippen molar-refractivity contribution in [2.75, 3.05) is 0 Å². The Hall–Kier alpha value is -0.895. The molecule has 2 aliphatic carbocycles. The highest BCUT2D eigenvalue weighted by molar-refractivity contribution is 7.26. The summed E-state index contributed by atoms with van der Waals surface area (Å²) in [5.74, 6) is 1.38. The van der Waals surface area contributed by atoms with Crippen LogP contribution in [0, 0.1) is 0 Å². The normalized spacial score (nSPS) is 21.9. The number of hydrogen-bond donors (Lipinski definition) is 0. The topological polar surface area (TPSA) is 25.8 Å². The molecule has 0 amide bonds. The molecular formula is C25H38BN2S. The van der Waals surface area contributed by atoms with Crippen LogP contribution in [0.15, 0.2) is 12.3 Å². The van der Waals surface area contributed by atoms with E-state index in [1.54, 1.807) is 0 Å². The number of nitrogens with zero attached hydrogens (tertiary/aromatic N) is 2. The third-order valence-corrected chi connectivity index (χ3v) is 8.10. The van der Waals surface area contributed by atoms with Crippen LogP contribution in [0.4, 0.5) is 0 Å². The second kappa shape index (κ2) is 11.5. The van der Waals surface area contributed by atoms with Crippen LogP contribution in [-0.4, -0.2) is 17.2 Å². The van der Waals surface area contributed by atoms with Gasteiger partial charge in [0.1, 0.15) is 0 Å². The highest BCUT2D eigenvalue weighted by Crippen LogP contribution is 2.31. The van der Waals surface area contributed by atoms with E-state index < -0.39 is 0 Å². The molecule has 4 heteroatoms. The van der Waals surface area contributed by atoms with Crippen LogP contribution in [0.25, 0.3) is 10.2 Å². The number of fused-ring (bicyclic) bond motifs is 1. The Morgan fingerprint density at radius 3 is 1.90 bits per heavy atom. The average Bonchev–Trinajstić information content (AvgIpc) is 3.19. The lowest BCUT2D eigenvalue weighted by Crippen LogP contribution is -2.19. The fourth-order valence-corrected chi connectivity index (χ4v) is 6.31. The summed E-state index contributed by atoms with van der Waals surface area (Å²) in [7, 11) is 2.49. The van der Waals surface area contributed by atoms with Gasteiger partial charge < -0.3 is 0 Å². The zero-order valence-electron chi connectivity index (χ0n) is 18.2. The molecular weight excluding hydrogens is 371 g/mol. The zero-order valence-corrected chi connectivity index (χ0v) is 19.0. The molecule has 2 aromatic rings. The van der Waals surface area contributed by atoms with Gasteiger partial charge in [0, 0.05) is 16.5 Å². The lowest BCUT2D eigenvalue weighted by Gasteiger charge is -2.16. The van der Waals surface area contributed by atoms with Crippen LogP contribution >= 0.6 is 11.3 Å². The SMILES string of the molecule is [B](c1nc2cnc(C3CCCCCCCC3)cc2s1)C1CCCCCCCCC1. The molecule has 0 unspecified atom stereocenters. The van der Waals surface area contributed by atoms with E-state index in [-0.39, 0.29) is 0 Å². The third kappa shape index (κ3) is 6.54. The van der Waals surface area contributed by atoms with E-state index in [0.717, 1.165) is 11.3 Å². The molecule has 4 rings (SSSR count). The summed E-state index contributed by atoms with van der Waals surface area (Å²) in [6.45, 7) is 0. The summed E-state index contributed by atoms with van der Waals surface area (Å²) in [4.78, 5) is 11.0. The summed E-state index contributed by atoms with van der Waals surface area (Å²) in [5, 5.41) is 0. The second-order valence-corrected chi connectivity index (χ2v) is 10.6. The predicted molar refractivity (Wildman–Crippen MR) is 128 cm³/mol. The summed E-state index contributed by atoms with van der Waals surface area (Å²) in [6, 6.07) is 2.38. The molecule has 2 heterocycles. The minimum Gasteiger partial charge on any atom is -0.259 e. The second-order valence-electron chi connectivity index (χ2n) is 9.50. The highest BCUT2D eigenvalue weighted by Gasteiger charge is 2.18. The maximum Gasteiger partial charge on any atom is 0.195 e. The first kappa shape index (κ1) is 21.3. The number of thiazole rings is 1. The van der Waals surface area contributed by atoms with Crippen molar-refractivity contribution < 1.29 is 0 Å². The van der Waals surface area contributed by atoms with Gasteiger partial charge in [-0.3, -0.25) is 9.97 Å². The van der Waals surface area contributed by atoms with E-state index in [9.17, 15) is 0 Å². The summed E-state index contributed by atoms with van der Waals surface area (Å²) < 4.78 is 1.35. The van der Waals surface area contributed by atoms with E-state index in [0.29, 0.717) is 5.92 Å². The molecule has 0 aromatic carbocycles. The van der Waals surface area contributed by atoms with Gasteiger partial charge in [0.15, 0.2) is 7.28 Å². The van der Waals surface area contributed by atoms with Crippen LogP contribution in [0.2, 0.25) is 5.82 Å². The number of rotatable bonds is 3. The van der Waals surface area contributed by atoms with Gasteiger partial charge in [-0.25, -0.2) is 0 Å². The maximum absolute atomic E-state index is 4.94. The van der Waals surface area contributed by atoms with E-state index in [4.69, 9.17) is 9.97 Å². The lowest BCUT2D eigenvalue weighted by molar-refractivity contribution is 0.503. The van der Waals surface area contributed by atoms with Crippen LogP contribution < -0.4 is 4.91 Å². The van der Waals surface area contributed by atoms with Crippen LogP contribution in [0.1, 0.15) is 121 Å². The molecule has 0 spiro atoms. The molecule has 29 heavy (non-hydrogen) atoms.